The van der Waals surface area contributed by atoms with Crippen LogP contribution in [-0.4, -0.2) is 49.8 Å². The average molecular weight is 344 g/mol. The fourth-order valence-electron chi connectivity index (χ4n) is 3.17. The first kappa shape index (κ1) is 17.1. The molecule has 0 aromatic heterocycles. The molecule has 1 unspecified atom stereocenters. The molecule has 0 bridgehead atoms. The molecule has 0 spiro atoms. The highest BCUT2D eigenvalue weighted by atomic mass is 32.2. The molecule has 0 aliphatic carbocycles. The molecule has 1 aliphatic rings. The maximum Gasteiger partial charge on any atom is 0.243 e. The summed E-state index contributed by atoms with van der Waals surface area (Å²) in [5.41, 5.74) is 1.32. The van der Waals surface area contributed by atoms with Crippen LogP contribution >= 0.6 is 0 Å². The van der Waals surface area contributed by atoms with E-state index in [4.69, 9.17) is 0 Å². The van der Waals surface area contributed by atoms with Crippen molar-refractivity contribution >= 4 is 10.0 Å². The van der Waals surface area contributed by atoms with Gasteiger partial charge in [-0.05, 0) is 31.0 Å². The summed E-state index contributed by atoms with van der Waals surface area (Å²) in [6, 6.07) is 19.4. The second kappa shape index (κ2) is 7.47. The van der Waals surface area contributed by atoms with Gasteiger partial charge in [-0.3, -0.25) is 4.90 Å². The quantitative estimate of drug-likeness (QED) is 0.837. The van der Waals surface area contributed by atoms with Crippen molar-refractivity contribution in [1.29, 1.82) is 0 Å². The van der Waals surface area contributed by atoms with E-state index in [9.17, 15) is 8.42 Å². The van der Waals surface area contributed by atoms with Crippen molar-refractivity contribution in [2.45, 2.75) is 24.3 Å². The van der Waals surface area contributed by atoms with E-state index in [0.29, 0.717) is 18.0 Å². The van der Waals surface area contributed by atoms with Gasteiger partial charge in [-0.2, -0.15) is 4.31 Å². The van der Waals surface area contributed by atoms with Crippen LogP contribution in [0.1, 0.15) is 12.5 Å². The van der Waals surface area contributed by atoms with Gasteiger partial charge >= 0.3 is 0 Å². The largest absolute Gasteiger partial charge is 0.298 e. The fourth-order valence-corrected chi connectivity index (χ4v) is 4.70. The summed E-state index contributed by atoms with van der Waals surface area (Å²) in [6.45, 7) is 4.95. The lowest BCUT2D eigenvalue weighted by atomic mass is 10.1. The predicted molar refractivity (Wildman–Crippen MR) is 96.4 cm³/mol. The van der Waals surface area contributed by atoms with Crippen LogP contribution in [0.2, 0.25) is 0 Å². The summed E-state index contributed by atoms with van der Waals surface area (Å²) < 4.78 is 27.1. The lowest BCUT2D eigenvalue weighted by Gasteiger charge is -2.39. The van der Waals surface area contributed by atoms with E-state index in [0.717, 1.165) is 19.5 Å². The summed E-state index contributed by atoms with van der Waals surface area (Å²) in [4.78, 5) is 2.76. The minimum absolute atomic E-state index is 0.223. The van der Waals surface area contributed by atoms with Crippen LogP contribution in [-0.2, 0) is 16.4 Å². The van der Waals surface area contributed by atoms with E-state index in [2.05, 4.69) is 36.1 Å². The molecule has 5 heteroatoms. The van der Waals surface area contributed by atoms with E-state index in [1.165, 1.54) is 5.56 Å². The van der Waals surface area contributed by atoms with E-state index in [-0.39, 0.29) is 6.04 Å². The van der Waals surface area contributed by atoms with Gasteiger partial charge in [-0.25, -0.2) is 8.42 Å². The van der Waals surface area contributed by atoms with Crippen molar-refractivity contribution in [3.63, 3.8) is 0 Å². The minimum atomic E-state index is -3.38. The summed E-state index contributed by atoms with van der Waals surface area (Å²) in [5.74, 6) is 0. The van der Waals surface area contributed by atoms with Gasteiger partial charge in [0.2, 0.25) is 10.0 Å². The first-order valence-electron chi connectivity index (χ1n) is 8.40. The maximum absolute atomic E-state index is 12.7. The molecular formula is C19H24N2O2S. The zero-order valence-corrected chi connectivity index (χ0v) is 14.8. The van der Waals surface area contributed by atoms with Crippen LogP contribution in [0, 0.1) is 0 Å². The number of hydrogen-bond acceptors (Lipinski definition) is 3. The molecule has 1 saturated heterocycles. The van der Waals surface area contributed by atoms with Crippen LogP contribution < -0.4 is 0 Å². The Morgan fingerprint density at radius 3 is 2.21 bits per heavy atom. The average Bonchev–Trinajstić information content (AvgIpc) is 2.62. The maximum atomic E-state index is 12.7. The van der Waals surface area contributed by atoms with Crippen LogP contribution in [0.3, 0.4) is 0 Å². The Morgan fingerprint density at radius 2 is 1.58 bits per heavy atom. The van der Waals surface area contributed by atoms with Crippen LogP contribution in [0.15, 0.2) is 65.6 Å². The van der Waals surface area contributed by atoms with Crippen molar-refractivity contribution in [3.05, 3.63) is 66.2 Å². The zero-order chi connectivity index (χ0) is 17.0. The minimum Gasteiger partial charge on any atom is -0.298 e. The summed E-state index contributed by atoms with van der Waals surface area (Å²) in [6.07, 6.45) is 0.997. The molecule has 1 aliphatic heterocycles. The molecule has 0 radical (unpaired) electrons. The van der Waals surface area contributed by atoms with Crippen LogP contribution in [0.25, 0.3) is 0 Å². The van der Waals surface area contributed by atoms with E-state index in [1.807, 2.05) is 12.1 Å². The third kappa shape index (κ3) is 3.86. The smallest absolute Gasteiger partial charge is 0.243 e. The molecule has 2 aromatic carbocycles. The Balaban J connectivity index is 1.61. The topological polar surface area (TPSA) is 40.6 Å². The lowest BCUT2D eigenvalue weighted by molar-refractivity contribution is 0.130. The highest BCUT2D eigenvalue weighted by molar-refractivity contribution is 7.89. The second-order valence-corrected chi connectivity index (χ2v) is 8.23. The third-order valence-corrected chi connectivity index (χ3v) is 6.52. The highest BCUT2D eigenvalue weighted by Crippen LogP contribution is 2.20. The van der Waals surface area contributed by atoms with Gasteiger partial charge in [-0.1, -0.05) is 48.5 Å². The van der Waals surface area contributed by atoms with Gasteiger partial charge in [0, 0.05) is 32.2 Å². The number of rotatable bonds is 5. The van der Waals surface area contributed by atoms with Crippen LogP contribution in [0.5, 0.6) is 0 Å². The Hall–Kier alpha value is -1.69. The Labute approximate surface area is 144 Å². The number of sulfonamides is 1. The summed E-state index contributed by atoms with van der Waals surface area (Å²) in [7, 11) is -3.38. The molecule has 4 nitrogen and oxygen atoms in total. The second-order valence-electron chi connectivity index (χ2n) is 6.30. The standard InChI is InChI=1S/C19H24N2O2S/c1-17-16-21(24(22,23)19-10-6-3-7-11-19)15-14-20(17)13-12-18-8-4-2-5-9-18/h2-11,17H,12-16H2,1H3. The van der Waals surface area contributed by atoms with Gasteiger partial charge in [0.05, 0.1) is 4.90 Å². The monoisotopic (exact) mass is 344 g/mol. The summed E-state index contributed by atoms with van der Waals surface area (Å²) >= 11 is 0. The van der Waals surface area contributed by atoms with Crippen molar-refractivity contribution in [2.75, 3.05) is 26.2 Å². The molecular weight excluding hydrogens is 320 g/mol. The number of benzene rings is 2. The number of nitrogens with zero attached hydrogens (tertiary/aromatic N) is 2. The van der Waals surface area contributed by atoms with Crippen LogP contribution in [0.4, 0.5) is 0 Å². The van der Waals surface area contributed by atoms with Gasteiger partial charge in [-0.15, -0.1) is 0 Å². The van der Waals surface area contributed by atoms with Gasteiger partial charge < -0.3 is 0 Å². The molecule has 0 amide bonds. The summed E-state index contributed by atoms with van der Waals surface area (Å²) in [5, 5.41) is 0. The Kier molecular flexibility index (Phi) is 5.33. The predicted octanol–water partition coefficient (Wildman–Crippen LogP) is 2.62. The zero-order valence-electron chi connectivity index (χ0n) is 14.0. The first-order valence-corrected chi connectivity index (χ1v) is 9.84. The van der Waals surface area contributed by atoms with Crippen molar-refractivity contribution in [3.8, 4) is 0 Å². The first-order chi connectivity index (χ1) is 11.6. The number of hydrogen-bond donors (Lipinski definition) is 0. The molecule has 3 rings (SSSR count). The molecule has 24 heavy (non-hydrogen) atoms. The molecule has 128 valence electrons. The highest BCUT2D eigenvalue weighted by Gasteiger charge is 2.31. The molecule has 1 fully saturated rings. The van der Waals surface area contributed by atoms with Gasteiger partial charge in [0.25, 0.3) is 0 Å². The van der Waals surface area contributed by atoms with E-state index < -0.39 is 10.0 Å². The van der Waals surface area contributed by atoms with Crippen molar-refractivity contribution < 1.29 is 8.42 Å². The fraction of sp³-hybridized carbons (Fsp3) is 0.368. The Bertz CT molecular complexity index is 747. The molecule has 0 saturated carbocycles. The van der Waals surface area contributed by atoms with Crippen molar-refractivity contribution in [1.82, 2.24) is 9.21 Å². The number of piperazine rings is 1. The van der Waals surface area contributed by atoms with Gasteiger partial charge in [0.15, 0.2) is 0 Å². The lowest BCUT2D eigenvalue weighted by Crippen LogP contribution is -2.53. The molecule has 2 aromatic rings. The van der Waals surface area contributed by atoms with E-state index in [1.54, 1.807) is 28.6 Å². The van der Waals surface area contributed by atoms with Gasteiger partial charge in [0.1, 0.15) is 0 Å². The molecule has 1 heterocycles. The molecule has 1 atom stereocenters. The van der Waals surface area contributed by atoms with Crippen molar-refractivity contribution in [2.24, 2.45) is 0 Å². The molecule has 0 N–H and O–H groups in total. The third-order valence-electron chi connectivity index (χ3n) is 4.64. The SMILES string of the molecule is CC1CN(S(=O)(=O)c2ccccc2)CCN1CCc1ccccc1. The Morgan fingerprint density at radius 1 is 0.958 bits per heavy atom. The van der Waals surface area contributed by atoms with E-state index >= 15 is 0 Å². The normalized spacial score (nSPS) is 20.1.